The summed E-state index contributed by atoms with van der Waals surface area (Å²) in [5.74, 6) is -0.0191. The fourth-order valence-electron chi connectivity index (χ4n) is 4.68. The van der Waals surface area contributed by atoms with Gasteiger partial charge < -0.3 is 20.2 Å². The monoisotopic (exact) mass is 421 g/mol. The Bertz CT molecular complexity index is 690. The van der Waals surface area contributed by atoms with Crippen molar-refractivity contribution in [1.29, 1.82) is 0 Å². The number of fused-ring (bicyclic) bond motifs is 1. The van der Waals surface area contributed by atoms with Crippen molar-refractivity contribution in [2.24, 2.45) is 0 Å². The Labute approximate surface area is 161 Å². The molecule has 1 saturated carbocycles. The van der Waals surface area contributed by atoms with Gasteiger partial charge in [-0.3, -0.25) is 4.79 Å². The minimum absolute atomic E-state index is 0.0548. The zero-order valence-electron chi connectivity index (χ0n) is 14.6. The van der Waals surface area contributed by atoms with E-state index in [4.69, 9.17) is 0 Å². The van der Waals surface area contributed by atoms with Crippen LogP contribution in [-0.4, -0.2) is 64.7 Å². The van der Waals surface area contributed by atoms with Crippen molar-refractivity contribution in [3.8, 4) is 0 Å². The average Bonchev–Trinajstić information content (AvgIpc) is 3.11. The van der Waals surface area contributed by atoms with Gasteiger partial charge in [0.2, 0.25) is 5.91 Å². The number of benzene rings is 1. The first kappa shape index (κ1) is 17.8. The zero-order valence-corrected chi connectivity index (χ0v) is 16.2. The number of halogens is 1. The van der Waals surface area contributed by atoms with E-state index < -0.39 is 0 Å². The molecule has 1 aromatic rings. The van der Waals surface area contributed by atoms with Gasteiger partial charge in [-0.05, 0) is 30.5 Å². The van der Waals surface area contributed by atoms with Crippen LogP contribution in [0.2, 0.25) is 0 Å². The molecule has 140 valence electrons. The summed E-state index contributed by atoms with van der Waals surface area (Å²) in [6.45, 7) is 0.553. The van der Waals surface area contributed by atoms with Crippen molar-refractivity contribution < 1.29 is 14.7 Å². The molecule has 0 radical (unpaired) electrons. The molecule has 4 rings (SSSR count). The maximum absolute atomic E-state index is 12.6. The molecule has 2 heterocycles. The Balaban J connectivity index is 1.49. The summed E-state index contributed by atoms with van der Waals surface area (Å²) in [7, 11) is 0. The van der Waals surface area contributed by atoms with Gasteiger partial charge in [0.1, 0.15) is 6.54 Å². The van der Waals surface area contributed by atoms with Gasteiger partial charge in [0, 0.05) is 23.0 Å². The Morgan fingerprint density at radius 3 is 2.58 bits per heavy atom. The molecule has 2 aliphatic heterocycles. The number of amides is 3. The van der Waals surface area contributed by atoms with Crippen LogP contribution in [0.4, 0.5) is 4.79 Å². The third kappa shape index (κ3) is 3.11. The highest BCUT2D eigenvalue weighted by Crippen LogP contribution is 2.43. The lowest BCUT2D eigenvalue weighted by molar-refractivity contribution is -0.159. The molecule has 3 atom stereocenters. The second kappa shape index (κ2) is 7.19. The number of nitrogens with zero attached hydrogens (tertiary/aromatic N) is 2. The van der Waals surface area contributed by atoms with Gasteiger partial charge in [0.15, 0.2) is 0 Å². The lowest BCUT2D eigenvalue weighted by Gasteiger charge is -2.58. The molecule has 0 aromatic heterocycles. The van der Waals surface area contributed by atoms with Crippen LogP contribution in [0.5, 0.6) is 0 Å². The molecule has 0 unspecified atom stereocenters. The molecule has 0 bridgehead atoms. The van der Waals surface area contributed by atoms with Gasteiger partial charge in [-0.25, -0.2) is 4.79 Å². The number of rotatable bonds is 3. The number of hydrogen-bond acceptors (Lipinski definition) is 3. The molecule has 2 saturated heterocycles. The van der Waals surface area contributed by atoms with Crippen LogP contribution in [0.15, 0.2) is 28.7 Å². The number of aliphatic hydroxyl groups excluding tert-OH is 1. The average molecular weight is 422 g/mol. The van der Waals surface area contributed by atoms with E-state index in [1.165, 1.54) is 0 Å². The van der Waals surface area contributed by atoms with Crippen molar-refractivity contribution >= 4 is 27.9 Å². The Hall–Kier alpha value is -1.60. The van der Waals surface area contributed by atoms with Crippen LogP contribution in [-0.2, 0) is 4.79 Å². The van der Waals surface area contributed by atoms with Gasteiger partial charge in [-0.1, -0.05) is 40.9 Å². The van der Waals surface area contributed by atoms with Crippen LogP contribution in [0.1, 0.15) is 37.2 Å². The number of hydrogen-bond donors (Lipinski definition) is 2. The van der Waals surface area contributed by atoms with Crippen LogP contribution in [0.25, 0.3) is 0 Å². The highest BCUT2D eigenvalue weighted by molar-refractivity contribution is 9.10. The summed E-state index contributed by atoms with van der Waals surface area (Å²) >= 11 is 3.44. The topological polar surface area (TPSA) is 72.9 Å². The summed E-state index contributed by atoms with van der Waals surface area (Å²) in [5, 5.41) is 12.9. The summed E-state index contributed by atoms with van der Waals surface area (Å²) in [6.07, 6.45) is 4.36. The largest absolute Gasteiger partial charge is 0.394 e. The fourth-order valence-corrected chi connectivity index (χ4v) is 4.94. The number of urea groups is 1. The molecule has 3 aliphatic rings. The van der Waals surface area contributed by atoms with Crippen LogP contribution in [0, 0.1) is 0 Å². The summed E-state index contributed by atoms with van der Waals surface area (Å²) in [4.78, 5) is 28.6. The van der Waals surface area contributed by atoms with E-state index in [9.17, 15) is 14.7 Å². The third-order valence-corrected chi connectivity index (χ3v) is 6.51. The Morgan fingerprint density at radius 1 is 1.23 bits per heavy atom. The Morgan fingerprint density at radius 2 is 1.92 bits per heavy atom. The minimum Gasteiger partial charge on any atom is -0.394 e. The van der Waals surface area contributed by atoms with Crippen molar-refractivity contribution in [2.45, 2.75) is 49.7 Å². The predicted molar refractivity (Wildman–Crippen MR) is 101 cm³/mol. The van der Waals surface area contributed by atoms with Crippen molar-refractivity contribution in [1.82, 2.24) is 15.1 Å². The first-order chi connectivity index (χ1) is 12.6. The van der Waals surface area contributed by atoms with E-state index in [1.54, 1.807) is 9.80 Å². The molecule has 3 amide bonds. The molecule has 26 heavy (non-hydrogen) atoms. The van der Waals surface area contributed by atoms with Crippen LogP contribution < -0.4 is 5.32 Å². The van der Waals surface area contributed by atoms with E-state index in [1.807, 2.05) is 24.3 Å². The van der Waals surface area contributed by atoms with E-state index in [2.05, 4.69) is 21.2 Å². The molecular weight excluding hydrogens is 398 g/mol. The molecule has 3 fully saturated rings. The second-order valence-electron chi connectivity index (χ2n) is 7.51. The Kier molecular flexibility index (Phi) is 4.92. The van der Waals surface area contributed by atoms with E-state index >= 15 is 0 Å². The lowest BCUT2D eigenvalue weighted by Crippen LogP contribution is -2.74. The van der Waals surface area contributed by atoms with Gasteiger partial charge in [0.05, 0.1) is 18.7 Å². The smallest absolute Gasteiger partial charge is 0.318 e. The molecular formula is C19H24BrN3O3. The molecule has 6 nitrogen and oxygen atoms in total. The minimum atomic E-state index is -0.200. The van der Waals surface area contributed by atoms with Crippen molar-refractivity contribution in [3.63, 3.8) is 0 Å². The SMILES string of the molecule is O=C(NC1CCCC1)N1CC(=O)N2[C@H](C1)[C@@H](c1ccc(Br)cc1)[C@@H]2CO. The molecule has 7 heteroatoms. The van der Waals surface area contributed by atoms with E-state index in [0.717, 1.165) is 35.7 Å². The number of piperazine rings is 1. The third-order valence-electron chi connectivity index (χ3n) is 5.98. The summed E-state index contributed by atoms with van der Waals surface area (Å²) in [5.41, 5.74) is 1.10. The predicted octanol–water partition coefficient (Wildman–Crippen LogP) is 2.07. The highest BCUT2D eigenvalue weighted by Gasteiger charge is 2.54. The molecule has 1 aromatic carbocycles. The van der Waals surface area contributed by atoms with Crippen LogP contribution >= 0.6 is 15.9 Å². The first-order valence-corrected chi connectivity index (χ1v) is 10.1. The standard InChI is InChI=1S/C19H24BrN3O3/c20-13-7-5-12(6-8-13)18-15-9-22(10-17(25)23(15)16(18)11-24)19(26)21-14-3-1-2-4-14/h5-8,14-16,18,24H,1-4,9-11H2,(H,21,26)/t15-,16+,18-/m1/s1. The molecule has 0 spiro atoms. The zero-order chi connectivity index (χ0) is 18.3. The van der Waals surface area contributed by atoms with Gasteiger partial charge in [0.25, 0.3) is 0 Å². The van der Waals surface area contributed by atoms with Crippen molar-refractivity contribution in [2.75, 3.05) is 19.7 Å². The number of aliphatic hydroxyl groups is 1. The van der Waals surface area contributed by atoms with Crippen LogP contribution in [0.3, 0.4) is 0 Å². The number of carbonyl (C=O) groups excluding carboxylic acids is 2. The maximum Gasteiger partial charge on any atom is 0.318 e. The summed E-state index contributed by atoms with van der Waals surface area (Å²) < 4.78 is 0.996. The van der Waals surface area contributed by atoms with Gasteiger partial charge in [-0.15, -0.1) is 0 Å². The van der Waals surface area contributed by atoms with Crippen molar-refractivity contribution in [3.05, 3.63) is 34.3 Å². The fraction of sp³-hybridized carbons (Fsp3) is 0.579. The summed E-state index contributed by atoms with van der Waals surface area (Å²) in [6, 6.07) is 7.84. The van der Waals surface area contributed by atoms with E-state index in [0.29, 0.717) is 6.54 Å². The second-order valence-corrected chi connectivity index (χ2v) is 8.42. The lowest BCUT2D eigenvalue weighted by atomic mass is 9.74. The number of nitrogens with one attached hydrogen (secondary N) is 1. The quantitative estimate of drug-likeness (QED) is 0.784. The first-order valence-electron chi connectivity index (χ1n) is 9.31. The van der Waals surface area contributed by atoms with Gasteiger partial charge in [-0.2, -0.15) is 0 Å². The number of carbonyl (C=O) groups is 2. The van der Waals surface area contributed by atoms with E-state index in [-0.39, 0.29) is 49.1 Å². The molecule has 1 aliphatic carbocycles. The maximum atomic E-state index is 12.6. The normalized spacial score (nSPS) is 28.7. The van der Waals surface area contributed by atoms with Gasteiger partial charge >= 0.3 is 6.03 Å². The highest BCUT2D eigenvalue weighted by atomic mass is 79.9. The molecule has 2 N–H and O–H groups in total.